The molecule has 0 radical (unpaired) electrons. The average molecular weight is 477 g/mol. The summed E-state index contributed by atoms with van der Waals surface area (Å²) >= 11 is 6.11. The van der Waals surface area contributed by atoms with Gasteiger partial charge in [0.25, 0.3) is 0 Å². The molecule has 170 valence electrons. The van der Waals surface area contributed by atoms with Gasteiger partial charge in [-0.1, -0.05) is 30.3 Å². The van der Waals surface area contributed by atoms with Gasteiger partial charge in [-0.25, -0.2) is 4.98 Å². The molecule has 0 aliphatic rings. The summed E-state index contributed by atoms with van der Waals surface area (Å²) in [7, 11) is 0. The van der Waals surface area contributed by atoms with Gasteiger partial charge in [0.2, 0.25) is 0 Å². The van der Waals surface area contributed by atoms with E-state index in [-0.39, 0.29) is 0 Å². The van der Waals surface area contributed by atoms with E-state index in [2.05, 4.69) is 39.0 Å². The number of nitrogen functional groups attached to an aromatic ring is 1. The van der Waals surface area contributed by atoms with Gasteiger partial charge in [0.05, 0.1) is 16.1 Å². The number of pyridine rings is 3. The van der Waals surface area contributed by atoms with Crippen molar-refractivity contribution in [3.8, 4) is 6.07 Å². The van der Waals surface area contributed by atoms with Crippen LogP contribution in [0.5, 0.6) is 0 Å². The van der Waals surface area contributed by atoms with Crippen molar-refractivity contribution < 1.29 is 0 Å². The maximum atomic E-state index is 9.57. The van der Waals surface area contributed by atoms with E-state index in [1.807, 2.05) is 48.5 Å². The Labute approximate surface area is 207 Å². The van der Waals surface area contributed by atoms with Crippen LogP contribution >= 0.6 is 11.6 Å². The number of aromatic nitrogens is 3. The van der Waals surface area contributed by atoms with E-state index >= 15 is 0 Å². The minimum absolute atomic E-state index is 0.518. The predicted octanol–water partition coefficient (Wildman–Crippen LogP) is 5.64. The van der Waals surface area contributed by atoms with Crippen LogP contribution in [-0.2, 0) is 13.0 Å². The van der Waals surface area contributed by atoms with Gasteiger partial charge in [-0.15, -0.1) is 0 Å². The summed E-state index contributed by atoms with van der Waals surface area (Å²) in [6, 6.07) is 19.9. The zero-order valence-electron chi connectivity index (χ0n) is 18.8. The summed E-state index contributed by atoms with van der Waals surface area (Å²) in [6.45, 7) is 4.83. The third-order valence-electron chi connectivity index (χ3n) is 5.85. The number of anilines is 1. The predicted molar refractivity (Wildman–Crippen MR) is 141 cm³/mol. The van der Waals surface area contributed by atoms with Crippen molar-refractivity contribution in [2.75, 3.05) is 5.73 Å². The molecule has 0 atom stereocenters. The lowest BCUT2D eigenvalue weighted by molar-refractivity contribution is 0.891. The molecule has 5 aromatic rings. The van der Waals surface area contributed by atoms with Gasteiger partial charge in [-0.2, -0.15) is 5.26 Å². The highest BCUT2D eigenvalue weighted by Gasteiger charge is 2.09. The lowest BCUT2D eigenvalue weighted by atomic mass is 10.0. The van der Waals surface area contributed by atoms with Crippen molar-refractivity contribution in [1.82, 2.24) is 20.3 Å². The quantitative estimate of drug-likeness (QED) is 0.329. The second-order valence-electron chi connectivity index (χ2n) is 8.28. The zero-order chi connectivity index (χ0) is 24.4. The molecule has 5 rings (SSSR count). The Balaban J connectivity index is 1.33. The summed E-state index contributed by atoms with van der Waals surface area (Å²) in [5.74, 6) is 0.531. The standard InChI is InChI=1S/C28H21ClN6/c1-17(34-15-18-2-3-26-21(8-18)5-7-33-28(26)31)20-4-6-32-25(13-20)11-19-9-22-12-24(29)16-35-27(22)23(10-19)14-30/h2-10,12-13,16,34H,1,11,15H2,(H2,31,33). The highest BCUT2D eigenvalue weighted by atomic mass is 35.5. The largest absolute Gasteiger partial charge is 0.383 e. The van der Waals surface area contributed by atoms with Gasteiger partial charge in [0.1, 0.15) is 11.9 Å². The van der Waals surface area contributed by atoms with Crippen LogP contribution in [0.25, 0.3) is 27.4 Å². The minimum atomic E-state index is 0.518. The fourth-order valence-corrected chi connectivity index (χ4v) is 4.28. The number of nitrogens with one attached hydrogen (secondary N) is 1. The number of fused-ring (bicyclic) bond motifs is 2. The monoisotopic (exact) mass is 476 g/mol. The molecule has 0 amide bonds. The first-order chi connectivity index (χ1) is 17.0. The van der Waals surface area contributed by atoms with Crippen LogP contribution in [0, 0.1) is 11.3 Å². The molecule has 0 saturated carbocycles. The Morgan fingerprint density at radius 3 is 2.66 bits per heavy atom. The maximum Gasteiger partial charge on any atom is 0.131 e. The second kappa shape index (κ2) is 9.41. The molecule has 0 aliphatic carbocycles. The number of nitrogens with two attached hydrogens (primary N) is 1. The topological polar surface area (TPSA) is 101 Å². The molecule has 0 bridgehead atoms. The first kappa shape index (κ1) is 22.3. The van der Waals surface area contributed by atoms with Crippen LogP contribution < -0.4 is 11.1 Å². The van der Waals surface area contributed by atoms with E-state index in [1.165, 1.54) is 0 Å². The molecule has 0 aliphatic heterocycles. The van der Waals surface area contributed by atoms with Crippen molar-refractivity contribution in [3.63, 3.8) is 0 Å². The third kappa shape index (κ3) is 4.77. The molecule has 0 spiro atoms. The molecular formula is C28H21ClN6. The number of hydrogen-bond acceptors (Lipinski definition) is 6. The number of rotatable bonds is 6. The van der Waals surface area contributed by atoms with Gasteiger partial charge in [0, 0.05) is 59.3 Å². The SMILES string of the molecule is C=C(NCc1ccc2c(N)nccc2c1)c1ccnc(Cc2cc(C#N)c3ncc(Cl)cc3c2)c1. The average Bonchev–Trinajstić information content (AvgIpc) is 2.86. The van der Waals surface area contributed by atoms with Crippen molar-refractivity contribution in [2.24, 2.45) is 0 Å². The van der Waals surface area contributed by atoms with Gasteiger partial charge in [-0.05, 0) is 59.0 Å². The normalized spacial score (nSPS) is 10.9. The third-order valence-corrected chi connectivity index (χ3v) is 6.05. The van der Waals surface area contributed by atoms with Crippen LogP contribution in [0.1, 0.15) is 27.9 Å². The van der Waals surface area contributed by atoms with Gasteiger partial charge >= 0.3 is 0 Å². The van der Waals surface area contributed by atoms with E-state index in [9.17, 15) is 5.26 Å². The van der Waals surface area contributed by atoms with E-state index in [1.54, 1.807) is 18.6 Å². The minimum Gasteiger partial charge on any atom is -0.383 e. The van der Waals surface area contributed by atoms with E-state index in [0.29, 0.717) is 34.9 Å². The number of hydrogen-bond donors (Lipinski definition) is 2. The summed E-state index contributed by atoms with van der Waals surface area (Å²) in [5, 5.41) is 16.3. The Morgan fingerprint density at radius 1 is 0.971 bits per heavy atom. The van der Waals surface area contributed by atoms with Gasteiger partial charge in [0.15, 0.2) is 0 Å². The molecule has 0 saturated heterocycles. The van der Waals surface area contributed by atoms with E-state index < -0.39 is 0 Å². The molecule has 3 N–H and O–H groups in total. The van der Waals surface area contributed by atoms with Crippen LogP contribution in [0.15, 0.2) is 79.8 Å². The van der Waals surface area contributed by atoms with Gasteiger partial charge in [-0.3, -0.25) is 9.97 Å². The van der Waals surface area contributed by atoms with Crippen LogP contribution in [0.2, 0.25) is 5.02 Å². The molecular weight excluding hydrogens is 456 g/mol. The number of halogens is 1. The van der Waals surface area contributed by atoms with E-state index in [0.717, 1.165) is 44.2 Å². The molecule has 3 heterocycles. The van der Waals surface area contributed by atoms with Crippen LogP contribution in [0.4, 0.5) is 5.82 Å². The highest BCUT2D eigenvalue weighted by molar-refractivity contribution is 6.31. The first-order valence-corrected chi connectivity index (χ1v) is 11.4. The maximum absolute atomic E-state index is 9.57. The number of nitrogens with zero attached hydrogens (tertiary/aromatic N) is 4. The van der Waals surface area contributed by atoms with Crippen molar-refractivity contribution >= 4 is 44.8 Å². The number of nitriles is 1. The van der Waals surface area contributed by atoms with Crippen LogP contribution in [0.3, 0.4) is 0 Å². The summed E-state index contributed by atoms with van der Waals surface area (Å²) < 4.78 is 0. The second-order valence-corrected chi connectivity index (χ2v) is 8.71. The van der Waals surface area contributed by atoms with Crippen molar-refractivity contribution in [1.29, 1.82) is 5.26 Å². The Bertz CT molecular complexity index is 1640. The summed E-state index contributed by atoms with van der Waals surface area (Å²) in [5.41, 5.74) is 11.8. The molecule has 2 aromatic carbocycles. The number of benzene rings is 2. The Hall–Kier alpha value is -4.47. The lowest BCUT2D eigenvalue weighted by Crippen LogP contribution is -2.11. The fourth-order valence-electron chi connectivity index (χ4n) is 4.12. The molecule has 6 nitrogen and oxygen atoms in total. The molecule has 0 unspecified atom stereocenters. The van der Waals surface area contributed by atoms with Crippen molar-refractivity contribution in [3.05, 3.63) is 113 Å². The molecule has 7 heteroatoms. The Kier molecular flexibility index (Phi) is 6.01. The van der Waals surface area contributed by atoms with Gasteiger partial charge < -0.3 is 11.1 Å². The lowest BCUT2D eigenvalue weighted by Gasteiger charge is -2.12. The summed E-state index contributed by atoms with van der Waals surface area (Å²) in [6.07, 6.45) is 5.61. The molecule has 35 heavy (non-hydrogen) atoms. The van der Waals surface area contributed by atoms with Crippen molar-refractivity contribution in [2.45, 2.75) is 13.0 Å². The smallest absolute Gasteiger partial charge is 0.131 e. The zero-order valence-corrected chi connectivity index (χ0v) is 19.5. The molecule has 0 fully saturated rings. The highest BCUT2D eigenvalue weighted by Crippen LogP contribution is 2.24. The first-order valence-electron chi connectivity index (χ1n) is 11.0. The fraction of sp³-hybridized carbons (Fsp3) is 0.0714. The van der Waals surface area contributed by atoms with E-state index in [4.69, 9.17) is 17.3 Å². The Morgan fingerprint density at radius 2 is 1.80 bits per heavy atom. The van der Waals surface area contributed by atoms with Crippen LogP contribution in [-0.4, -0.2) is 15.0 Å². The summed E-state index contributed by atoms with van der Waals surface area (Å²) in [4.78, 5) is 13.0. The molecule has 3 aromatic heterocycles.